The summed E-state index contributed by atoms with van der Waals surface area (Å²) in [5.41, 5.74) is 1.48. The lowest BCUT2D eigenvalue weighted by Crippen LogP contribution is -2.34. The van der Waals surface area contributed by atoms with Crippen LogP contribution < -0.4 is 5.32 Å². The second-order valence-corrected chi connectivity index (χ2v) is 5.55. The summed E-state index contributed by atoms with van der Waals surface area (Å²) in [4.78, 5) is 12.0. The number of carbonyl (C=O) groups is 1. The lowest BCUT2D eigenvalue weighted by molar-refractivity contribution is 0.0939. The molecule has 2 nitrogen and oxygen atoms in total. The molecule has 0 heterocycles. The van der Waals surface area contributed by atoms with E-state index in [9.17, 15) is 9.18 Å². The summed E-state index contributed by atoms with van der Waals surface area (Å²) in [6.07, 6.45) is 0.742. The first-order valence-corrected chi connectivity index (χ1v) is 7.15. The second kappa shape index (κ2) is 6.66. The number of halogens is 2. The minimum absolute atomic E-state index is 0.0170. The monoisotopic (exact) mass is 335 g/mol. The standard InChI is InChI=1S/C16H15BrFNO/c1-11(9-12-5-3-2-4-6-12)19-16(20)13-7-8-14(17)15(18)10-13/h2-8,10-11H,9H2,1H3,(H,19,20). The molecule has 1 N–H and O–H groups in total. The maximum Gasteiger partial charge on any atom is 0.251 e. The third-order valence-corrected chi connectivity index (χ3v) is 3.59. The van der Waals surface area contributed by atoms with Gasteiger partial charge in [0.05, 0.1) is 4.47 Å². The first-order chi connectivity index (χ1) is 9.56. The van der Waals surface area contributed by atoms with Gasteiger partial charge in [-0.3, -0.25) is 4.79 Å². The van der Waals surface area contributed by atoms with Crippen molar-refractivity contribution >= 4 is 21.8 Å². The first-order valence-electron chi connectivity index (χ1n) is 6.36. The van der Waals surface area contributed by atoms with Crippen molar-refractivity contribution in [2.75, 3.05) is 0 Å². The molecule has 1 atom stereocenters. The van der Waals surface area contributed by atoms with Gasteiger partial charge in [0.1, 0.15) is 5.82 Å². The van der Waals surface area contributed by atoms with Gasteiger partial charge in [0, 0.05) is 11.6 Å². The highest BCUT2D eigenvalue weighted by Gasteiger charge is 2.12. The molecule has 0 aliphatic heterocycles. The van der Waals surface area contributed by atoms with E-state index >= 15 is 0 Å². The topological polar surface area (TPSA) is 29.1 Å². The highest BCUT2D eigenvalue weighted by atomic mass is 79.9. The van der Waals surface area contributed by atoms with E-state index in [0.717, 1.165) is 12.0 Å². The quantitative estimate of drug-likeness (QED) is 0.900. The summed E-state index contributed by atoms with van der Waals surface area (Å²) in [6, 6.07) is 14.3. The van der Waals surface area contributed by atoms with Crippen molar-refractivity contribution in [3.05, 3.63) is 69.9 Å². The fourth-order valence-electron chi connectivity index (χ4n) is 1.96. The van der Waals surface area contributed by atoms with Crippen LogP contribution in [0.25, 0.3) is 0 Å². The van der Waals surface area contributed by atoms with Crippen LogP contribution in [0.5, 0.6) is 0 Å². The van der Waals surface area contributed by atoms with Gasteiger partial charge in [-0.2, -0.15) is 0 Å². The van der Waals surface area contributed by atoms with Crippen molar-refractivity contribution in [2.24, 2.45) is 0 Å². The van der Waals surface area contributed by atoms with Gasteiger partial charge in [-0.05, 0) is 53.0 Å². The highest BCUT2D eigenvalue weighted by molar-refractivity contribution is 9.10. The lowest BCUT2D eigenvalue weighted by Gasteiger charge is -2.14. The van der Waals surface area contributed by atoms with E-state index in [0.29, 0.717) is 10.0 Å². The Kier molecular flexibility index (Phi) is 4.90. The van der Waals surface area contributed by atoms with Crippen LogP contribution in [-0.4, -0.2) is 11.9 Å². The molecule has 0 saturated heterocycles. The van der Waals surface area contributed by atoms with Crippen LogP contribution in [0.15, 0.2) is 53.0 Å². The van der Waals surface area contributed by atoms with Gasteiger partial charge in [-0.25, -0.2) is 4.39 Å². The van der Waals surface area contributed by atoms with Crippen LogP contribution in [0.4, 0.5) is 4.39 Å². The van der Waals surface area contributed by atoms with E-state index < -0.39 is 5.82 Å². The zero-order chi connectivity index (χ0) is 14.5. The minimum Gasteiger partial charge on any atom is -0.349 e. The molecule has 0 aliphatic rings. The third-order valence-electron chi connectivity index (χ3n) is 2.94. The zero-order valence-corrected chi connectivity index (χ0v) is 12.7. The van der Waals surface area contributed by atoms with Crippen molar-refractivity contribution in [3.8, 4) is 0 Å². The summed E-state index contributed by atoms with van der Waals surface area (Å²) < 4.78 is 13.8. The molecule has 0 radical (unpaired) electrons. The van der Waals surface area contributed by atoms with Crippen molar-refractivity contribution in [2.45, 2.75) is 19.4 Å². The molecule has 0 aromatic heterocycles. The minimum atomic E-state index is -0.437. The van der Waals surface area contributed by atoms with Crippen molar-refractivity contribution in [1.29, 1.82) is 0 Å². The number of amides is 1. The van der Waals surface area contributed by atoms with Crippen LogP contribution >= 0.6 is 15.9 Å². The van der Waals surface area contributed by atoms with Crippen LogP contribution in [0, 0.1) is 5.82 Å². The molecule has 0 saturated carbocycles. The largest absolute Gasteiger partial charge is 0.349 e. The van der Waals surface area contributed by atoms with E-state index in [1.54, 1.807) is 6.07 Å². The van der Waals surface area contributed by atoms with E-state index in [-0.39, 0.29) is 11.9 Å². The highest BCUT2D eigenvalue weighted by Crippen LogP contribution is 2.16. The van der Waals surface area contributed by atoms with Crippen LogP contribution in [0.1, 0.15) is 22.8 Å². The van der Waals surface area contributed by atoms with Crippen LogP contribution in [0.3, 0.4) is 0 Å². The lowest BCUT2D eigenvalue weighted by atomic mass is 10.1. The zero-order valence-electron chi connectivity index (χ0n) is 11.1. The molecular formula is C16H15BrFNO. The Hall–Kier alpha value is -1.68. The maximum absolute atomic E-state index is 13.4. The predicted octanol–water partition coefficient (Wildman–Crippen LogP) is 3.95. The Balaban J connectivity index is 1.98. The van der Waals surface area contributed by atoms with Gasteiger partial charge in [-0.1, -0.05) is 30.3 Å². The van der Waals surface area contributed by atoms with E-state index in [2.05, 4.69) is 21.2 Å². The second-order valence-electron chi connectivity index (χ2n) is 4.69. The third kappa shape index (κ3) is 3.90. The van der Waals surface area contributed by atoms with Crippen molar-refractivity contribution in [3.63, 3.8) is 0 Å². The molecule has 0 fully saturated rings. The van der Waals surface area contributed by atoms with Gasteiger partial charge >= 0.3 is 0 Å². The first kappa shape index (κ1) is 14.7. The summed E-state index contributed by atoms with van der Waals surface area (Å²) in [7, 11) is 0. The van der Waals surface area contributed by atoms with Crippen LogP contribution in [0.2, 0.25) is 0 Å². The fourth-order valence-corrected chi connectivity index (χ4v) is 2.21. The molecule has 0 spiro atoms. The number of hydrogen-bond donors (Lipinski definition) is 1. The van der Waals surface area contributed by atoms with E-state index in [4.69, 9.17) is 0 Å². The Labute approximate surface area is 126 Å². The number of nitrogens with one attached hydrogen (secondary N) is 1. The Morgan fingerprint density at radius 1 is 1.25 bits per heavy atom. The van der Waals surface area contributed by atoms with Gasteiger partial charge in [0.25, 0.3) is 5.91 Å². The molecule has 0 bridgehead atoms. The van der Waals surface area contributed by atoms with Crippen molar-refractivity contribution < 1.29 is 9.18 Å². The Bertz CT molecular complexity index is 601. The molecule has 4 heteroatoms. The molecule has 1 amide bonds. The number of benzene rings is 2. The molecule has 0 aliphatic carbocycles. The molecular weight excluding hydrogens is 321 g/mol. The molecule has 2 aromatic carbocycles. The smallest absolute Gasteiger partial charge is 0.251 e. The normalized spacial score (nSPS) is 11.9. The molecule has 1 unspecified atom stereocenters. The fraction of sp³-hybridized carbons (Fsp3) is 0.188. The van der Waals surface area contributed by atoms with Crippen LogP contribution in [-0.2, 0) is 6.42 Å². The Morgan fingerprint density at radius 3 is 2.60 bits per heavy atom. The summed E-state index contributed by atoms with van der Waals surface area (Å²) in [6.45, 7) is 1.93. The average Bonchev–Trinajstić information content (AvgIpc) is 2.42. The summed E-state index contributed by atoms with van der Waals surface area (Å²) in [5.74, 6) is -0.701. The SMILES string of the molecule is CC(Cc1ccccc1)NC(=O)c1ccc(Br)c(F)c1. The average molecular weight is 336 g/mol. The van der Waals surface area contributed by atoms with Gasteiger partial charge in [-0.15, -0.1) is 0 Å². The van der Waals surface area contributed by atoms with Crippen molar-refractivity contribution in [1.82, 2.24) is 5.32 Å². The number of rotatable bonds is 4. The van der Waals surface area contributed by atoms with E-state index in [1.165, 1.54) is 12.1 Å². The maximum atomic E-state index is 13.4. The van der Waals surface area contributed by atoms with Gasteiger partial charge in [0.15, 0.2) is 0 Å². The Morgan fingerprint density at radius 2 is 1.95 bits per heavy atom. The molecule has 104 valence electrons. The molecule has 2 rings (SSSR count). The summed E-state index contributed by atoms with van der Waals surface area (Å²) in [5, 5.41) is 2.87. The number of carbonyl (C=O) groups excluding carboxylic acids is 1. The van der Waals surface area contributed by atoms with E-state index in [1.807, 2.05) is 37.3 Å². The predicted molar refractivity (Wildman–Crippen MR) is 81.2 cm³/mol. The summed E-state index contributed by atoms with van der Waals surface area (Å²) >= 11 is 3.07. The van der Waals surface area contributed by atoms with Gasteiger partial charge in [0.2, 0.25) is 0 Å². The molecule has 20 heavy (non-hydrogen) atoms. The van der Waals surface area contributed by atoms with Gasteiger partial charge < -0.3 is 5.32 Å². The molecule has 2 aromatic rings. The number of hydrogen-bond acceptors (Lipinski definition) is 1.